The molecular formula is C21H16N6OS. The third-order valence-corrected chi connectivity index (χ3v) is 5.57. The lowest BCUT2D eigenvalue weighted by Gasteiger charge is -2.10. The van der Waals surface area contributed by atoms with E-state index >= 15 is 0 Å². The number of pyridine rings is 2. The Labute approximate surface area is 170 Å². The second-order valence-corrected chi connectivity index (χ2v) is 7.42. The molecule has 1 aromatic carbocycles. The van der Waals surface area contributed by atoms with Crippen LogP contribution in [0.15, 0.2) is 48.7 Å². The lowest BCUT2D eigenvalue weighted by Crippen LogP contribution is -2.12. The van der Waals surface area contributed by atoms with Crippen molar-refractivity contribution < 1.29 is 4.79 Å². The number of amides is 1. The first-order chi connectivity index (χ1) is 14.0. The molecule has 0 fully saturated rings. The summed E-state index contributed by atoms with van der Waals surface area (Å²) in [5.74, 6) is 0.128. The van der Waals surface area contributed by atoms with Crippen LogP contribution in [0.5, 0.6) is 0 Å². The summed E-state index contributed by atoms with van der Waals surface area (Å²) in [5, 5.41) is 13.0. The predicted molar refractivity (Wildman–Crippen MR) is 116 cm³/mol. The number of nitrogen functional groups attached to an aromatic ring is 2. The third-order valence-electron chi connectivity index (χ3n) is 4.47. The lowest BCUT2D eigenvalue weighted by molar-refractivity contribution is 0.103. The summed E-state index contributed by atoms with van der Waals surface area (Å²) in [6.07, 6.45) is 1.58. The fourth-order valence-electron chi connectivity index (χ4n) is 3.07. The van der Waals surface area contributed by atoms with E-state index in [-0.39, 0.29) is 17.1 Å². The minimum Gasteiger partial charge on any atom is -0.397 e. The van der Waals surface area contributed by atoms with E-state index in [1.54, 1.807) is 24.4 Å². The number of hydrogen-bond acceptors (Lipinski definition) is 7. The van der Waals surface area contributed by atoms with Crippen molar-refractivity contribution in [2.24, 2.45) is 0 Å². The van der Waals surface area contributed by atoms with Gasteiger partial charge in [0.05, 0.1) is 5.69 Å². The maximum atomic E-state index is 12.8. The minimum absolute atomic E-state index is 0.105. The molecule has 5 N–H and O–H groups in total. The Morgan fingerprint density at radius 3 is 2.59 bits per heavy atom. The van der Waals surface area contributed by atoms with Gasteiger partial charge in [0.1, 0.15) is 33.0 Å². The molecule has 0 atom stereocenters. The van der Waals surface area contributed by atoms with E-state index in [9.17, 15) is 10.1 Å². The maximum absolute atomic E-state index is 12.8. The van der Waals surface area contributed by atoms with Crippen molar-refractivity contribution >= 4 is 44.8 Å². The number of nitrogens with one attached hydrogen (secondary N) is 1. The van der Waals surface area contributed by atoms with Crippen molar-refractivity contribution in [3.8, 4) is 17.2 Å². The summed E-state index contributed by atoms with van der Waals surface area (Å²) in [5.41, 5.74) is 15.4. The molecule has 0 saturated carbocycles. The van der Waals surface area contributed by atoms with Crippen LogP contribution in [0, 0.1) is 18.3 Å². The Hall–Kier alpha value is -3.96. The standard InChI is InChI=1S/C21H16N6OS/c1-11-5-7-12(8-6-11)15-13(10-22)19(24)27-21-16(15)17(23)18(29-21)20(28)26-14-4-2-3-9-25-14/h2-9H,23H2,1H3,(H2,24,27)(H,25,26,28). The Morgan fingerprint density at radius 1 is 1.17 bits per heavy atom. The van der Waals surface area contributed by atoms with Crippen LogP contribution in [0.25, 0.3) is 21.3 Å². The highest BCUT2D eigenvalue weighted by Crippen LogP contribution is 2.42. The molecule has 7 nitrogen and oxygen atoms in total. The first kappa shape index (κ1) is 18.4. The monoisotopic (exact) mass is 400 g/mol. The number of nitrogens with two attached hydrogens (primary N) is 2. The van der Waals surface area contributed by atoms with E-state index in [2.05, 4.69) is 21.4 Å². The van der Waals surface area contributed by atoms with E-state index < -0.39 is 5.91 Å². The average molecular weight is 400 g/mol. The van der Waals surface area contributed by atoms with Gasteiger partial charge in [0, 0.05) is 17.1 Å². The highest BCUT2D eigenvalue weighted by Gasteiger charge is 2.24. The molecule has 4 rings (SSSR count). The second-order valence-electron chi connectivity index (χ2n) is 6.42. The number of nitriles is 1. The quantitative estimate of drug-likeness (QED) is 0.477. The summed E-state index contributed by atoms with van der Waals surface area (Å²) in [6.45, 7) is 1.98. The van der Waals surface area contributed by atoms with Gasteiger partial charge in [-0.3, -0.25) is 4.79 Å². The zero-order chi connectivity index (χ0) is 20.5. The molecule has 0 unspecified atom stereocenters. The predicted octanol–water partition coefficient (Wildman–Crippen LogP) is 3.96. The second kappa shape index (κ2) is 7.22. The fourth-order valence-corrected chi connectivity index (χ4v) is 4.08. The molecule has 142 valence electrons. The van der Waals surface area contributed by atoms with Crippen molar-refractivity contribution in [3.63, 3.8) is 0 Å². The SMILES string of the molecule is Cc1ccc(-c2c(C#N)c(N)nc3sc(C(=O)Nc4ccccn4)c(N)c23)cc1. The number of benzene rings is 1. The van der Waals surface area contributed by atoms with Crippen molar-refractivity contribution in [1.82, 2.24) is 9.97 Å². The summed E-state index contributed by atoms with van der Waals surface area (Å²) in [7, 11) is 0. The minimum atomic E-state index is -0.392. The molecule has 0 radical (unpaired) electrons. The van der Waals surface area contributed by atoms with Crippen LogP contribution in [-0.2, 0) is 0 Å². The Bertz CT molecular complexity index is 1270. The number of nitrogens with zero attached hydrogens (tertiary/aromatic N) is 3. The first-order valence-electron chi connectivity index (χ1n) is 8.70. The number of carbonyl (C=O) groups is 1. The van der Waals surface area contributed by atoms with Crippen molar-refractivity contribution in [2.45, 2.75) is 6.92 Å². The number of anilines is 3. The van der Waals surface area contributed by atoms with Gasteiger partial charge in [0.2, 0.25) is 0 Å². The summed E-state index contributed by atoms with van der Waals surface area (Å²) in [6, 6.07) is 15.0. The zero-order valence-electron chi connectivity index (χ0n) is 15.4. The molecule has 3 heterocycles. The van der Waals surface area contributed by atoms with Crippen molar-refractivity contribution in [3.05, 3.63) is 64.7 Å². The Balaban J connectivity index is 1.92. The Morgan fingerprint density at radius 2 is 1.93 bits per heavy atom. The summed E-state index contributed by atoms with van der Waals surface area (Å²) < 4.78 is 0. The van der Waals surface area contributed by atoms with Gasteiger partial charge in [0.25, 0.3) is 5.91 Å². The highest BCUT2D eigenvalue weighted by atomic mass is 32.1. The van der Waals surface area contributed by atoms with Gasteiger partial charge in [-0.1, -0.05) is 35.9 Å². The van der Waals surface area contributed by atoms with Gasteiger partial charge in [-0.15, -0.1) is 11.3 Å². The molecular weight excluding hydrogens is 384 g/mol. The molecule has 8 heteroatoms. The summed E-state index contributed by atoms with van der Waals surface area (Å²) in [4.78, 5) is 22.0. The molecule has 0 aliphatic heterocycles. The first-order valence-corrected chi connectivity index (χ1v) is 9.52. The van der Waals surface area contributed by atoms with E-state index in [4.69, 9.17) is 11.5 Å². The number of carbonyl (C=O) groups excluding carboxylic acids is 1. The molecule has 0 spiro atoms. The van der Waals surface area contributed by atoms with Crippen molar-refractivity contribution in [2.75, 3.05) is 16.8 Å². The van der Waals surface area contributed by atoms with Crippen LogP contribution in [0.3, 0.4) is 0 Å². The molecule has 3 aromatic heterocycles. The van der Waals surface area contributed by atoms with Gasteiger partial charge >= 0.3 is 0 Å². The fraction of sp³-hybridized carbons (Fsp3) is 0.0476. The largest absolute Gasteiger partial charge is 0.397 e. The number of aryl methyl sites for hydroxylation is 1. The van der Waals surface area contributed by atoms with Crippen LogP contribution >= 0.6 is 11.3 Å². The molecule has 0 bridgehead atoms. The van der Waals surface area contributed by atoms with Crippen LogP contribution in [0.2, 0.25) is 0 Å². The molecule has 29 heavy (non-hydrogen) atoms. The molecule has 0 aliphatic rings. The normalized spacial score (nSPS) is 10.6. The molecule has 4 aromatic rings. The number of hydrogen-bond donors (Lipinski definition) is 3. The van der Waals surface area contributed by atoms with E-state index in [0.717, 1.165) is 22.5 Å². The molecule has 0 saturated heterocycles. The van der Waals surface area contributed by atoms with Gasteiger partial charge in [-0.05, 0) is 24.6 Å². The van der Waals surface area contributed by atoms with Gasteiger partial charge in [-0.25, -0.2) is 9.97 Å². The lowest BCUT2D eigenvalue weighted by atomic mass is 9.96. The highest BCUT2D eigenvalue weighted by molar-refractivity contribution is 7.21. The maximum Gasteiger partial charge on any atom is 0.269 e. The van der Waals surface area contributed by atoms with E-state index in [1.165, 1.54) is 0 Å². The molecule has 1 amide bonds. The number of rotatable bonds is 3. The smallest absolute Gasteiger partial charge is 0.269 e. The van der Waals surface area contributed by atoms with Crippen LogP contribution in [0.4, 0.5) is 17.3 Å². The van der Waals surface area contributed by atoms with Gasteiger partial charge < -0.3 is 16.8 Å². The van der Waals surface area contributed by atoms with Crippen LogP contribution < -0.4 is 16.8 Å². The topological polar surface area (TPSA) is 131 Å². The van der Waals surface area contributed by atoms with Crippen LogP contribution in [-0.4, -0.2) is 15.9 Å². The van der Waals surface area contributed by atoms with E-state index in [0.29, 0.717) is 26.5 Å². The van der Waals surface area contributed by atoms with Crippen molar-refractivity contribution in [1.29, 1.82) is 5.26 Å². The molecule has 0 aliphatic carbocycles. The van der Waals surface area contributed by atoms with Crippen LogP contribution in [0.1, 0.15) is 20.8 Å². The summed E-state index contributed by atoms with van der Waals surface area (Å²) >= 11 is 1.13. The number of fused-ring (bicyclic) bond motifs is 1. The third kappa shape index (κ3) is 3.24. The number of aromatic nitrogens is 2. The van der Waals surface area contributed by atoms with E-state index in [1.807, 2.05) is 31.2 Å². The Kier molecular flexibility index (Phi) is 4.58. The van der Waals surface area contributed by atoms with Gasteiger partial charge in [0.15, 0.2) is 0 Å². The zero-order valence-corrected chi connectivity index (χ0v) is 16.2. The number of thiophene rings is 1. The van der Waals surface area contributed by atoms with Gasteiger partial charge in [-0.2, -0.15) is 5.26 Å². The average Bonchev–Trinajstić information content (AvgIpc) is 3.04.